The second-order valence-corrected chi connectivity index (χ2v) is 3.08. The van der Waals surface area contributed by atoms with Crippen LogP contribution in [0, 0.1) is 0 Å². The Morgan fingerprint density at radius 1 is 1.69 bits per heavy atom. The summed E-state index contributed by atoms with van der Waals surface area (Å²) in [6, 6.07) is 0. The lowest BCUT2D eigenvalue weighted by Gasteiger charge is -2.31. The molecule has 0 radical (unpaired) electrons. The Hall–Kier alpha value is -0.650. The summed E-state index contributed by atoms with van der Waals surface area (Å²) >= 11 is 0. The van der Waals surface area contributed by atoms with Crippen molar-refractivity contribution in [2.24, 2.45) is 5.73 Å². The first kappa shape index (κ1) is 10.4. The second kappa shape index (κ2) is 4.55. The van der Waals surface area contributed by atoms with Crippen LogP contribution in [0.15, 0.2) is 0 Å². The number of carbonyl (C=O) groups excluding carboxylic acids is 1. The molecule has 0 spiro atoms. The van der Waals surface area contributed by atoms with Gasteiger partial charge in [-0.05, 0) is 12.8 Å². The summed E-state index contributed by atoms with van der Waals surface area (Å²) in [5.41, 5.74) is 5.39. The second-order valence-electron chi connectivity index (χ2n) is 3.08. The van der Waals surface area contributed by atoms with E-state index in [0.29, 0.717) is 19.4 Å². The fourth-order valence-corrected chi connectivity index (χ4v) is 1.38. The van der Waals surface area contributed by atoms with Gasteiger partial charge in [-0.3, -0.25) is 0 Å². The van der Waals surface area contributed by atoms with Crippen LogP contribution in [0.25, 0.3) is 0 Å². The Labute approximate surface area is 76.8 Å². The normalized spacial score (nSPS) is 34.2. The number of rotatable bonds is 2. The summed E-state index contributed by atoms with van der Waals surface area (Å²) in [4.78, 5) is 11.1. The number of esters is 1. The van der Waals surface area contributed by atoms with Gasteiger partial charge in [-0.1, -0.05) is 0 Å². The third kappa shape index (κ3) is 2.40. The monoisotopic (exact) mass is 189 g/mol. The molecule has 1 rings (SSSR count). The van der Waals surface area contributed by atoms with E-state index in [2.05, 4.69) is 4.74 Å². The summed E-state index contributed by atoms with van der Waals surface area (Å²) in [5, 5.41) is 9.42. The van der Waals surface area contributed by atoms with Gasteiger partial charge in [-0.15, -0.1) is 0 Å². The minimum absolute atomic E-state index is 0.146. The van der Waals surface area contributed by atoms with E-state index in [1.165, 1.54) is 7.11 Å². The smallest absolute Gasteiger partial charge is 0.337 e. The largest absolute Gasteiger partial charge is 0.467 e. The highest BCUT2D eigenvalue weighted by atomic mass is 16.6. The molecule has 1 aliphatic rings. The molecular formula is C8H15NO4. The summed E-state index contributed by atoms with van der Waals surface area (Å²) < 4.78 is 9.74. The summed E-state index contributed by atoms with van der Waals surface area (Å²) in [5.74, 6) is -0.536. The van der Waals surface area contributed by atoms with E-state index in [0.717, 1.165) is 0 Å². The van der Waals surface area contributed by atoms with Crippen molar-refractivity contribution >= 4 is 5.97 Å². The van der Waals surface area contributed by atoms with Crippen LogP contribution < -0.4 is 5.73 Å². The molecule has 0 aromatic rings. The van der Waals surface area contributed by atoms with E-state index in [-0.39, 0.29) is 6.10 Å². The highest BCUT2D eigenvalue weighted by Crippen LogP contribution is 2.19. The molecule has 1 saturated heterocycles. The zero-order valence-corrected chi connectivity index (χ0v) is 7.60. The van der Waals surface area contributed by atoms with Crippen molar-refractivity contribution in [3.05, 3.63) is 0 Å². The first-order chi connectivity index (χ1) is 6.19. The predicted molar refractivity (Wildman–Crippen MR) is 45.0 cm³/mol. The highest BCUT2D eigenvalue weighted by molar-refractivity contribution is 5.75. The molecule has 0 amide bonds. The first-order valence-electron chi connectivity index (χ1n) is 4.30. The molecule has 1 fully saturated rings. The highest BCUT2D eigenvalue weighted by Gasteiger charge is 2.35. The topological polar surface area (TPSA) is 81.8 Å². The Balaban J connectivity index is 2.54. The van der Waals surface area contributed by atoms with Crippen molar-refractivity contribution in [2.45, 2.75) is 31.2 Å². The van der Waals surface area contributed by atoms with Gasteiger partial charge in [-0.2, -0.15) is 0 Å². The number of carbonyl (C=O) groups is 1. The lowest BCUT2D eigenvalue weighted by Crippen LogP contribution is -2.46. The fraction of sp³-hybridized carbons (Fsp3) is 0.875. The maximum atomic E-state index is 11.1. The number of ether oxygens (including phenoxy) is 2. The van der Waals surface area contributed by atoms with E-state index < -0.39 is 18.2 Å². The first-order valence-corrected chi connectivity index (χ1v) is 4.30. The van der Waals surface area contributed by atoms with E-state index in [9.17, 15) is 9.90 Å². The summed E-state index contributed by atoms with van der Waals surface area (Å²) in [6.07, 6.45) is -0.567. The van der Waals surface area contributed by atoms with Gasteiger partial charge in [0.05, 0.1) is 19.3 Å². The molecule has 5 heteroatoms. The molecule has 1 heterocycles. The van der Waals surface area contributed by atoms with Crippen LogP contribution in [-0.4, -0.2) is 43.0 Å². The van der Waals surface area contributed by atoms with Crippen molar-refractivity contribution in [2.75, 3.05) is 13.7 Å². The Morgan fingerprint density at radius 2 is 2.38 bits per heavy atom. The number of hydrogen-bond donors (Lipinski definition) is 2. The van der Waals surface area contributed by atoms with Gasteiger partial charge in [0.25, 0.3) is 0 Å². The van der Waals surface area contributed by atoms with Gasteiger partial charge in [0.2, 0.25) is 0 Å². The molecule has 76 valence electrons. The maximum Gasteiger partial charge on any atom is 0.337 e. The van der Waals surface area contributed by atoms with Crippen LogP contribution in [0.2, 0.25) is 0 Å². The molecule has 0 aromatic heterocycles. The van der Waals surface area contributed by atoms with Gasteiger partial charge in [0, 0.05) is 6.54 Å². The van der Waals surface area contributed by atoms with Crippen LogP contribution in [0.4, 0.5) is 0 Å². The molecule has 3 N–H and O–H groups in total. The van der Waals surface area contributed by atoms with E-state index in [4.69, 9.17) is 10.5 Å². The number of methoxy groups -OCH3 is 1. The summed E-state index contributed by atoms with van der Waals surface area (Å²) in [6.45, 7) is 0.361. The van der Waals surface area contributed by atoms with Crippen LogP contribution in [0.5, 0.6) is 0 Å². The molecule has 0 aromatic carbocycles. The van der Waals surface area contributed by atoms with Gasteiger partial charge in [0.1, 0.15) is 0 Å². The zero-order valence-electron chi connectivity index (χ0n) is 7.60. The van der Waals surface area contributed by atoms with Crippen molar-refractivity contribution in [3.8, 4) is 0 Å². The Morgan fingerprint density at radius 3 is 2.92 bits per heavy atom. The lowest BCUT2D eigenvalue weighted by atomic mass is 10.0. The quantitative estimate of drug-likeness (QED) is 0.546. The standard InChI is InChI=1S/C8H15NO4/c1-12-8(11)7-6(10)3-2-5(4-9)13-7/h5-7,10H,2-4,9H2,1H3/t5-,6-,7-/m0/s1. The molecule has 0 saturated carbocycles. The molecule has 0 unspecified atom stereocenters. The average Bonchev–Trinajstić information content (AvgIpc) is 2.17. The fourth-order valence-electron chi connectivity index (χ4n) is 1.38. The Kier molecular flexibility index (Phi) is 3.65. The molecule has 3 atom stereocenters. The summed E-state index contributed by atoms with van der Waals surface area (Å²) in [7, 11) is 1.27. The minimum atomic E-state index is -0.868. The molecule has 13 heavy (non-hydrogen) atoms. The van der Waals surface area contributed by atoms with Gasteiger partial charge >= 0.3 is 5.97 Å². The third-order valence-corrected chi connectivity index (χ3v) is 2.17. The van der Waals surface area contributed by atoms with E-state index in [1.54, 1.807) is 0 Å². The van der Waals surface area contributed by atoms with E-state index >= 15 is 0 Å². The minimum Gasteiger partial charge on any atom is -0.467 e. The van der Waals surface area contributed by atoms with Crippen LogP contribution in [-0.2, 0) is 14.3 Å². The van der Waals surface area contributed by atoms with Crippen LogP contribution >= 0.6 is 0 Å². The molecular weight excluding hydrogens is 174 g/mol. The number of nitrogens with two attached hydrogens (primary N) is 1. The third-order valence-electron chi connectivity index (χ3n) is 2.17. The lowest BCUT2D eigenvalue weighted by molar-refractivity contribution is -0.176. The molecule has 0 bridgehead atoms. The van der Waals surface area contributed by atoms with Gasteiger partial charge in [-0.25, -0.2) is 4.79 Å². The zero-order chi connectivity index (χ0) is 9.84. The predicted octanol–water partition coefficient (Wildman–Crippen LogP) is -0.973. The average molecular weight is 189 g/mol. The number of aliphatic hydroxyl groups is 1. The van der Waals surface area contributed by atoms with Crippen molar-refractivity contribution in [3.63, 3.8) is 0 Å². The number of aliphatic hydroxyl groups excluding tert-OH is 1. The van der Waals surface area contributed by atoms with Crippen LogP contribution in [0.3, 0.4) is 0 Å². The van der Waals surface area contributed by atoms with Gasteiger partial charge < -0.3 is 20.3 Å². The van der Waals surface area contributed by atoms with Crippen molar-refractivity contribution in [1.29, 1.82) is 0 Å². The number of hydrogen-bond acceptors (Lipinski definition) is 5. The van der Waals surface area contributed by atoms with Gasteiger partial charge in [0.15, 0.2) is 6.10 Å². The SMILES string of the molecule is COC(=O)[C@H]1O[C@H](CN)CC[C@@H]1O. The molecule has 5 nitrogen and oxygen atoms in total. The van der Waals surface area contributed by atoms with Crippen LogP contribution in [0.1, 0.15) is 12.8 Å². The van der Waals surface area contributed by atoms with Crippen molar-refractivity contribution < 1.29 is 19.4 Å². The van der Waals surface area contributed by atoms with Crippen molar-refractivity contribution in [1.82, 2.24) is 0 Å². The Bertz CT molecular complexity index is 185. The van der Waals surface area contributed by atoms with E-state index in [1.807, 2.05) is 0 Å². The molecule has 0 aliphatic carbocycles. The maximum absolute atomic E-state index is 11.1. The molecule has 1 aliphatic heterocycles.